The quantitative estimate of drug-likeness (QED) is 0.843. The van der Waals surface area contributed by atoms with Crippen LogP contribution in [-0.2, 0) is 11.2 Å². The van der Waals surface area contributed by atoms with Gasteiger partial charge in [-0.2, -0.15) is 0 Å². The molecule has 1 atom stereocenters. The van der Waals surface area contributed by atoms with E-state index in [1.54, 1.807) is 11.8 Å². The van der Waals surface area contributed by atoms with Crippen molar-refractivity contribution in [3.63, 3.8) is 0 Å². The van der Waals surface area contributed by atoms with E-state index in [2.05, 4.69) is 0 Å². The Morgan fingerprint density at radius 1 is 1.32 bits per heavy atom. The summed E-state index contributed by atoms with van der Waals surface area (Å²) in [4.78, 5) is 13.0. The van der Waals surface area contributed by atoms with Gasteiger partial charge in [-0.3, -0.25) is 4.79 Å². The summed E-state index contributed by atoms with van der Waals surface area (Å²) in [5.74, 6) is 1.67. The van der Waals surface area contributed by atoms with Crippen LogP contribution in [0.15, 0.2) is 18.2 Å². The van der Waals surface area contributed by atoms with Gasteiger partial charge in [0.1, 0.15) is 0 Å². The van der Waals surface area contributed by atoms with Gasteiger partial charge in [0.25, 0.3) is 0 Å². The lowest BCUT2D eigenvalue weighted by molar-refractivity contribution is -0.129. The second-order valence-corrected chi connectivity index (χ2v) is 4.37. The lowest BCUT2D eigenvalue weighted by Crippen LogP contribution is -2.34. The Balaban J connectivity index is 0.000000861. The van der Waals surface area contributed by atoms with Crippen LogP contribution in [0.2, 0.25) is 0 Å². The third kappa shape index (κ3) is 3.88. The maximum atomic E-state index is 11.2. The van der Waals surface area contributed by atoms with Crippen LogP contribution in [0.3, 0.4) is 0 Å². The van der Waals surface area contributed by atoms with Crippen molar-refractivity contribution in [1.82, 2.24) is 4.90 Å². The number of amides is 1. The van der Waals surface area contributed by atoms with Gasteiger partial charge in [0.2, 0.25) is 12.7 Å². The first kappa shape index (κ1) is 15.3. The van der Waals surface area contributed by atoms with Crippen LogP contribution in [0.25, 0.3) is 0 Å². The van der Waals surface area contributed by atoms with Crippen molar-refractivity contribution in [3.05, 3.63) is 23.8 Å². The second-order valence-electron chi connectivity index (χ2n) is 4.37. The average Bonchev–Trinajstić information content (AvgIpc) is 2.87. The van der Waals surface area contributed by atoms with Gasteiger partial charge in [0.05, 0.1) is 0 Å². The van der Waals surface area contributed by atoms with Crippen molar-refractivity contribution < 1.29 is 14.3 Å². The molecule has 4 heteroatoms. The molecule has 1 unspecified atom stereocenters. The molecule has 0 saturated carbocycles. The van der Waals surface area contributed by atoms with E-state index in [1.807, 2.05) is 46.0 Å². The van der Waals surface area contributed by atoms with E-state index < -0.39 is 0 Å². The van der Waals surface area contributed by atoms with Gasteiger partial charge in [0.15, 0.2) is 11.5 Å². The Morgan fingerprint density at radius 3 is 2.58 bits per heavy atom. The van der Waals surface area contributed by atoms with Crippen LogP contribution in [-0.4, -0.2) is 30.7 Å². The smallest absolute Gasteiger partial charge is 0.231 e. The molecule has 1 aliphatic heterocycles. The largest absolute Gasteiger partial charge is 0.454 e. The standard InChI is InChI=1S/C13H17NO3.C2H6/c1-9(14(3)10(2)15)6-11-4-5-12-13(7-11)17-8-16-12;1-2/h4-5,7,9H,6,8H2,1-3H3;1-2H3. The minimum Gasteiger partial charge on any atom is -0.454 e. The first-order chi connectivity index (χ1) is 9.08. The van der Waals surface area contributed by atoms with Gasteiger partial charge >= 0.3 is 0 Å². The van der Waals surface area contributed by atoms with E-state index in [1.165, 1.54) is 0 Å². The zero-order valence-corrected chi connectivity index (χ0v) is 12.4. The second kappa shape index (κ2) is 7.02. The molecule has 2 rings (SSSR count). The Bertz CT molecular complexity index is 431. The maximum absolute atomic E-state index is 11.2. The Labute approximate surface area is 115 Å². The van der Waals surface area contributed by atoms with Gasteiger partial charge < -0.3 is 14.4 Å². The van der Waals surface area contributed by atoms with Crippen molar-refractivity contribution >= 4 is 5.91 Å². The molecule has 106 valence electrons. The van der Waals surface area contributed by atoms with Crippen LogP contribution in [0.1, 0.15) is 33.3 Å². The molecule has 19 heavy (non-hydrogen) atoms. The summed E-state index contributed by atoms with van der Waals surface area (Å²) in [5, 5.41) is 0. The fourth-order valence-electron chi connectivity index (χ4n) is 1.86. The molecule has 4 nitrogen and oxygen atoms in total. The summed E-state index contributed by atoms with van der Waals surface area (Å²) in [7, 11) is 1.82. The number of fused-ring (bicyclic) bond motifs is 1. The van der Waals surface area contributed by atoms with Crippen LogP contribution >= 0.6 is 0 Å². The molecule has 0 fully saturated rings. The maximum Gasteiger partial charge on any atom is 0.231 e. The van der Waals surface area contributed by atoms with Crippen molar-refractivity contribution in [1.29, 1.82) is 0 Å². The number of rotatable bonds is 3. The Morgan fingerprint density at radius 2 is 1.95 bits per heavy atom. The van der Waals surface area contributed by atoms with E-state index in [0.29, 0.717) is 6.79 Å². The Hall–Kier alpha value is -1.71. The van der Waals surface area contributed by atoms with Crippen molar-refractivity contribution in [2.24, 2.45) is 0 Å². The van der Waals surface area contributed by atoms with Gasteiger partial charge in [-0.1, -0.05) is 19.9 Å². The molecule has 1 amide bonds. The fourth-order valence-corrected chi connectivity index (χ4v) is 1.86. The lowest BCUT2D eigenvalue weighted by Gasteiger charge is -2.23. The van der Waals surface area contributed by atoms with Crippen LogP contribution < -0.4 is 9.47 Å². The van der Waals surface area contributed by atoms with Crippen molar-refractivity contribution in [2.45, 2.75) is 40.2 Å². The molecular weight excluding hydrogens is 242 g/mol. The first-order valence-corrected chi connectivity index (χ1v) is 6.70. The molecule has 0 saturated heterocycles. The van der Waals surface area contributed by atoms with E-state index >= 15 is 0 Å². The normalized spacial score (nSPS) is 13.3. The average molecular weight is 265 g/mol. The van der Waals surface area contributed by atoms with Gasteiger partial charge in [-0.15, -0.1) is 0 Å². The number of carbonyl (C=O) groups excluding carboxylic acids is 1. The van der Waals surface area contributed by atoms with Crippen LogP contribution in [0, 0.1) is 0 Å². The molecule has 1 aromatic carbocycles. The number of likely N-dealkylation sites (N-methyl/N-ethyl adjacent to an activating group) is 1. The molecule has 0 N–H and O–H groups in total. The van der Waals surface area contributed by atoms with E-state index in [0.717, 1.165) is 23.5 Å². The molecule has 0 aromatic heterocycles. The van der Waals surface area contributed by atoms with Crippen molar-refractivity contribution in [2.75, 3.05) is 13.8 Å². The third-order valence-electron chi connectivity index (χ3n) is 3.13. The van der Waals surface area contributed by atoms with Crippen LogP contribution in [0.5, 0.6) is 11.5 Å². The number of nitrogens with zero attached hydrogens (tertiary/aromatic N) is 1. The zero-order valence-electron chi connectivity index (χ0n) is 12.4. The highest BCUT2D eigenvalue weighted by Crippen LogP contribution is 2.32. The van der Waals surface area contributed by atoms with Crippen molar-refractivity contribution in [3.8, 4) is 11.5 Å². The SMILES string of the molecule is CC.CC(=O)N(C)C(C)Cc1ccc2c(c1)OCO2. The summed E-state index contributed by atoms with van der Waals surface area (Å²) in [6.07, 6.45) is 0.812. The highest BCUT2D eigenvalue weighted by molar-refractivity contribution is 5.73. The number of ether oxygens (including phenoxy) is 2. The summed E-state index contributed by atoms with van der Waals surface area (Å²) >= 11 is 0. The molecule has 0 radical (unpaired) electrons. The predicted molar refractivity (Wildman–Crippen MR) is 75.5 cm³/mol. The first-order valence-electron chi connectivity index (χ1n) is 6.70. The lowest BCUT2D eigenvalue weighted by atomic mass is 10.1. The summed E-state index contributed by atoms with van der Waals surface area (Å²) in [6.45, 7) is 7.91. The minimum atomic E-state index is 0.0817. The number of hydrogen-bond acceptors (Lipinski definition) is 3. The molecular formula is C15H23NO3. The predicted octanol–water partition coefficient (Wildman–Crippen LogP) is 2.85. The summed E-state index contributed by atoms with van der Waals surface area (Å²) in [5.41, 5.74) is 1.15. The van der Waals surface area contributed by atoms with Crippen LogP contribution in [0.4, 0.5) is 0 Å². The topological polar surface area (TPSA) is 38.8 Å². The van der Waals surface area contributed by atoms with Gasteiger partial charge in [0, 0.05) is 20.0 Å². The third-order valence-corrected chi connectivity index (χ3v) is 3.13. The number of benzene rings is 1. The van der Waals surface area contributed by atoms with Gasteiger partial charge in [-0.25, -0.2) is 0 Å². The monoisotopic (exact) mass is 265 g/mol. The number of hydrogen-bond donors (Lipinski definition) is 0. The summed E-state index contributed by atoms with van der Waals surface area (Å²) < 4.78 is 10.6. The molecule has 1 aromatic rings. The van der Waals surface area contributed by atoms with E-state index in [4.69, 9.17) is 9.47 Å². The highest BCUT2D eigenvalue weighted by atomic mass is 16.7. The van der Waals surface area contributed by atoms with E-state index in [9.17, 15) is 4.79 Å². The van der Waals surface area contributed by atoms with Gasteiger partial charge in [-0.05, 0) is 31.0 Å². The molecule has 0 aliphatic carbocycles. The molecule has 0 bridgehead atoms. The molecule has 1 heterocycles. The zero-order chi connectivity index (χ0) is 14.4. The summed E-state index contributed by atoms with van der Waals surface area (Å²) in [6, 6.07) is 6.08. The minimum absolute atomic E-state index is 0.0817. The van der Waals surface area contributed by atoms with E-state index in [-0.39, 0.29) is 11.9 Å². The Kier molecular flexibility index (Phi) is 5.67. The number of carbonyl (C=O) groups is 1. The fraction of sp³-hybridized carbons (Fsp3) is 0.533. The molecule has 1 aliphatic rings. The highest BCUT2D eigenvalue weighted by Gasteiger charge is 2.16. The molecule has 0 spiro atoms.